The van der Waals surface area contributed by atoms with Gasteiger partial charge in [-0.2, -0.15) is 0 Å². The minimum absolute atomic E-state index is 0.0915. The first-order valence-electron chi connectivity index (χ1n) is 7.54. The van der Waals surface area contributed by atoms with Gasteiger partial charge in [0.2, 0.25) is 5.91 Å². The van der Waals surface area contributed by atoms with Crippen molar-refractivity contribution in [3.63, 3.8) is 0 Å². The van der Waals surface area contributed by atoms with Crippen LogP contribution < -0.4 is 16.8 Å². The van der Waals surface area contributed by atoms with Gasteiger partial charge >= 0.3 is 0 Å². The van der Waals surface area contributed by atoms with E-state index in [1.54, 1.807) is 32.3 Å². The maximum absolute atomic E-state index is 11.6. The maximum atomic E-state index is 11.6. The Morgan fingerprint density at radius 2 is 2.12 bits per heavy atom. The third-order valence-corrected chi connectivity index (χ3v) is 3.63. The van der Waals surface area contributed by atoms with Crippen LogP contribution in [0.3, 0.4) is 0 Å². The van der Waals surface area contributed by atoms with E-state index in [-0.39, 0.29) is 29.7 Å². The molecule has 0 radical (unpaired) electrons. The number of hydrogen-bond acceptors (Lipinski definition) is 7. The van der Waals surface area contributed by atoms with Crippen LogP contribution in [-0.2, 0) is 4.79 Å². The van der Waals surface area contributed by atoms with Gasteiger partial charge in [0.25, 0.3) is 0 Å². The fourth-order valence-electron chi connectivity index (χ4n) is 2.20. The Morgan fingerprint density at radius 1 is 1.40 bits per heavy atom. The van der Waals surface area contributed by atoms with Gasteiger partial charge in [-0.15, -0.1) is 0 Å². The molecule has 1 aromatic carbocycles. The third-order valence-electron chi connectivity index (χ3n) is 3.63. The molecule has 8 nitrogen and oxygen atoms in total. The van der Waals surface area contributed by atoms with Crippen LogP contribution in [-0.4, -0.2) is 48.7 Å². The molecule has 0 unspecified atom stereocenters. The zero-order valence-electron chi connectivity index (χ0n) is 14.1. The van der Waals surface area contributed by atoms with E-state index in [1.165, 1.54) is 23.4 Å². The molecule has 8 heteroatoms. The van der Waals surface area contributed by atoms with Crippen LogP contribution in [0.15, 0.2) is 47.2 Å². The first-order valence-corrected chi connectivity index (χ1v) is 7.54. The summed E-state index contributed by atoms with van der Waals surface area (Å²) < 4.78 is 0. The van der Waals surface area contributed by atoms with E-state index in [4.69, 9.17) is 22.3 Å². The number of fused-ring (bicyclic) bond motifs is 1. The van der Waals surface area contributed by atoms with Crippen LogP contribution >= 0.6 is 0 Å². The van der Waals surface area contributed by atoms with Gasteiger partial charge in [0.05, 0.1) is 29.2 Å². The van der Waals surface area contributed by atoms with E-state index in [2.05, 4.69) is 10.3 Å². The smallest absolute Gasteiger partial charge is 0.241 e. The lowest BCUT2D eigenvalue weighted by Gasteiger charge is -2.18. The van der Waals surface area contributed by atoms with Crippen molar-refractivity contribution in [3.05, 3.63) is 53.4 Å². The molecule has 1 aliphatic rings. The van der Waals surface area contributed by atoms with Crippen molar-refractivity contribution in [2.45, 2.75) is 0 Å². The third kappa shape index (κ3) is 3.92. The van der Waals surface area contributed by atoms with E-state index in [0.717, 1.165) is 0 Å². The normalized spacial score (nSPS) is 15.0. The summed E-state index contributed by atoms with van der Waals surface area (Å²) in [6, 6.07) is 5.15. The summed E-state index contributed by atoms with van der Waals surface area (Å²) in [6.45, 7) is 0.103. The molecule has 0 bridgehead atoms. The summed E-state index contributed by atoms with van der Waals surface area (Å²) in [7, 11) is 3.34. The van der Waals surface area contributed by atoms with Crippen molar-refractivity contribution >= 4 is 28.9 Å². The van der Waals surface area contributed by atoms with Gasteiger partial charge in [0.1, 0.15) is 5.84 Å². The maximum Gasteiger partial charge on any atom is 0.241 e. The highest BCUT2D eigenvalue weighted by Crippen LogP contribution is 2.28. The second kappa shape index (κ2) is 7.43. The lowest BCUT2D eigenvalue weighted by atomic mass is 9.95. The summed E-state index contributed by atoms with van der Waals surface area (Å²) in [5.41, 5.74) is 13.9. The number of carbonyl (C=O) groups is 1. The van der Waals surface area contributed by atoms with Crippen molar-refractivity contribution < 1.29 is 4.79 Å². The zero-order chi connectivity index (χ0) is 18.6. The van der Waals surface area contributed by atoms with E-state index >= 15 is 0 Å². The molecule has 7 N–H and O–H groups in total. The number of rotatable bonds is 5. The fraction of sp³-hybridized carbons (Fsp3) is 0.176. The van der Waals surface area contributed by atoms with E-state index in [1.807, 2.05) is 0 Å². The monoisotopic (exact) mass is 339 g/mol. The molecule has 0 saturated carbocycles. The lowest BCUT2D eigenvalue weighted by Crippen LogP contribution is -2.32. The predicted molar refractivity (Wildman–Crippen MR) is 99.5 cm³/mol. The zero-order valence-corrected chi connectivity index (χ0v) is 14.1. The summed E-state index contributed by atoms with van der Waals surface area (Å²) in [5.74, 6) is 0.0894. The Balaban J connectivity index is 2.27. The molecule has 0 aromatic heterocycles. The van der Waals surface area contributed by atoms with Crippen LogP contribution in [0.1, 0.15) is 11.1 Å². The first-order chi connectivity index (χ1) is 11.8. The average molecular weight is 339 g/mol. The Labute approximate surface area is 145 Å². The first kappa shape index (κ1) is 17.9. The molecule has 0 atom stereocenters. The SMILES string of the molecule is CN(C)C(=O)CN/C=C1\C(=N)c2ccc(C(=N)/C=C\N)cc2N=C1N. The molecule has 1 aliphatic heterocycles. The molecule has 25 heavy (non-hydrogen) atoms. The number of nitrogens with zero attached hydrogens (tertiary/aromatic N) is 2. The van der Waals surface area contributed by atoms with Gasteiger partial charge in [-0.3, -0.25) is 10.2 Å². The highest BCUT2D eigenvalue weighted by molar-refractivity contribution is 6.32. The van der Waals surface area contributed by atoms with E-state index < -0.39 is 0 Å². The van der Waals surface area contributed by atoms with Gasteiger partial charge < -0.3 is 27.1 Å². The van der Waals surface area contributed by atoms with E-state index in [9.17, 15) is 4.79 Å². The molecule has 1 aromatic rings. The fourth-order valence-corrected chi connectivity index (χ4v) is 2.20. The predicted octanol–water partition coefficient (Wildman–Crippen LogP) is 0.459. The van der Waals surface area contributed by atoms with Crippen LogP contribution in [0.2, 0.25) is 0 Å². The Bertz CT molecular complexity index is 818. The summed E-state index contributed by atoms with van der Waals surface area (Å²) in [5, 5.41) is 19.1. The minimum Gasteiger partial charge on any atom is -0.405 e. The topological polar surface area (TPSA) is 144 Å². The van der Waals surface area contributed by atoms with Crippen LogP contribution in [0, 0.1) is 10.8 Å². The number of nitrogens with two attached hydrogens (primary N) is 2. The number of amides is 1. The molecule has 1 heterocycles. The number of amidine groups is 1. The van der Waals surface area contributed by atoms with Crippen LogP contribution in [0.5, 0.6) is 0 Å². The van der Waals surface area contributed by atoms with Gasteiger partial charge in [-0.25, -0.2) is 4.99 Å². The number of likely N-dealkylation sites (N-methyl/N-ethyl adjacent to an activating group) is 1. The minimum atomic E-state index is -0.0915. The summed E-state index contributed by atoms with van der Waals surface area (Å²) >= 11 is 0. The van der Waals surface area contributed by atoms with Crippen LogP contribution in [0.25, 0.3) is 0 Å². The molecule has 0 aliphatic carbocycles. The van der Waals surface area contributed by atoms with Crippen molar-refractivity contribution in [2.24, 2.45) is 16.5 Å². The average Bonchev–Trinajstić information content (AvgIpc) is 2.57. The number of carbonyl (C=O) groups excluding carboxylic acids is 1. The number of hydrogen-bond donors (Lipinski definition) is 5. The Morgan fingerprint density at radius 3 is 2.76 bits per heavy atom. The molecule has 1 amide bonds. The van der Waals surface area contributed by atoms with Gasteiger partial charge in [0, 0.05) is 31.4 Å². The van der Waals surface area contributed by atoms with Crippen molar-refractivity contribution in [1.29, 1.82) is 10.8 Å². The quantitative estimate of drug-likeness (QED) is 0.496. The molecular weight excluding hydrogens is 318 g/mol. The number of nitrogens with one attached hydrogen (secondary N) is 3. The van der Waals surface area contributed by atoms with Crippen molar-refractivity contribution in [1.82, 2.24) is 10.2 Å². The van der Waals surface area contributed by atoms with Gasteiger partial charge in [-0.05, 0) is 24.4 Å². The van der Waals surface area contributed by atoms with Crippen LogP contribution in [0.4, 0.5) is 5.69 Å². The summed E-state index contributed by atoms with van der Waals surface area (Å²) in [6.07, 6.45) is 4.29. The Hall–Kier alpha value is -3.42. The van der Waals surface area contributed by atoms with Gasteiger partial charge in [-0.1, -0.05) is 6.07 Å². The summed E-state index contributed by atoms with van der Waals surface area (Å²) in [4.78, 5) is 17.4. The molecule has 0 spiro atoms. The molecule has 0 fully saturated rings. The van der Waals surface area contributed by atoms with Gasteiger partial charge in [0.15, 0.2) is 0 Å². The molecular formula is C17H21N7O. The molecule has 0 saturated heterocycles. The molecule has 130 valence electrons. The number of allylic oxidation sites excluding steroid dienone is 1. The highest BCUT2D eigenvalue weighted by Gasteiger charge is 2.21. The molecule has 2 rings (SSSR count). The standard InChI is InChI=1S/C17H21N7O/c1-24(2)15(25)9-22-8-12-16(20)11-4-3-10(13(19)5-6-18)7-14(11)23-17(12)21/h3-8,19-20,22H,9,18H2,1-2H3,(H2,21,23)/b6-5-,12-8+,19-13?,20-16?. The van der Waals surface area contributed by atoms with E-state index in [0.29, 0.717) is 22.4 Å². The van der Waals surface area contributed by atoms with Crippen molar-refractivity contribution in [2.75, 3.05) is 20.6 Å². The second-order valence-corrected chi connectivity index (χ2v) is 5.60. The highest BCUT2D eigenvalue weighted by atomic mass is 16.2. The number of aliphatic imine (C=N–C) groups is 1. The van der Waals surface area contributed by atoms with Crippen molar-refractivity contribution in [3.8, 4) is 0 Å². The largest absolute Gasteiger partial charge is 0.405 e. The number of benzene rings is 1. The Kier molecular flexibility index (Phi) is 5.33. The second-order valence-electron chi connectivity index (χ2n) is 5.60. The lowest BCUT2D eigenvalue weighted by molar-refractivity contribution is -0.127.